The van der Waals surface area contributed by atoms with Crippen LogP contribution in [0.15, 0.2) is 47.4 Å². The normalized spacial score (nSPS) is 17.2. The summed E-state index contributed by atoms with van der Waals surface area (Å²) in [5.74, 6) is 0.678. The molecule has 1 fully saturated rings. The van der Waals surface area contributed by atoms with Crippen LogP contribution in [0.5, 0.6) is 0 Å². The van der Waals surface area contributed by atoms with Gasteiger partial charge < -0.3 is 0 Å². The van der Waals surface area contributed by atoms with Crippen molar-refractivity contribution in [1.82, 2.24) is 4.72 Å². The molecule has 23 heavy (non-hydrogen) atoms. The van der Waals surface area contributed by atoms with E-state index < -0.39 is 10.0 Å². The molecule has 124 valence electrons. The summed E-state index contributed by atoms with van der Waals surface area (Å²) in [4.78, 5) is 0.358. The average molecular weight is 331 g/mol. The minimum Gasteiger partial charge on any atom is -0.211 e. The molecule has 3 rings (SSSR count). The lowest BCUT2D eigenvalue weighted by atomic mass is 9.97. The van der Waals surface area contributed by atoms with Gasteiger partial charge in [0.25, 0.3) is 0 Å². The predicted octanol–water partition coefficient (Wildman–Crippen LogP) is 4.48. The Balaban J connectivity index is 1.63. The quantitative estimate of drug-likeness (QED) is 0.821. The Bertz CT molecular complexity index is 747. The zero-order chi connectivity index (χ0) is 16.1. The number of fused-ring (bicyclic) bond motifs is 1. The molecule has 0 amide bonds. The molecule has 1 saturated carbocycles. The highest BCUT2D eigenvalue weighted by Crippen LogP contribution is 2.25. The predicted molar refractivity (Wildman–Crippen MR) is 94.9 cm³/mol. The van der Waals surface area contributed by atoms with Gasteiger partial charge in [-0.15, -0.1) is 0 Å². The van der Waals surface area contributed by atoms with E-state index in [2.05, 4.69) is 4.72 Å². The first-order valence-electron chi connectivity index (χ1n) is 8.64. The molecule has 0 aromatic heterocycles. The second kappa shape index (κ2) is 7.45. The van der Waals surface area contributed by atoms with Crippen molar-refractivity contribution < 1.29 is 8.42 Å². The van der Waals surface area contributed by atoms with Crippen molar-refractivity contribution >= 4 is 20.8 Å². The number of rotatable bonds is 5. The summed E-state index contributed by atoms with van der Waals surface area (Å²) in [5, 5.41) is 2.02. The van der Waals surface area contributed by atoms with Crippen molar-refractivity contribution in [3.05, 3.63) is 42.5 Å². The van der Waals surface area contributed by atoms with Gasteiger partial charge in [0, 0.05) is 6.54 Å². The Labute approximate surface area is 139 Å². The molecule has 2 aromatic carbocycles. The highest BCUT2D eigenvalue weighted by atomic mass is 32.2. The molecule has 4 heteroatoms. The van der Waals surface area contributed by atoms with Gasteiger partial charge in [-0.25, -0.2) is 13.1 Å². The van der Waals surface area contributed by atoms with Crippen LogP contribution in [-0.4, -0.2) is 15.0 Å². The zero-order valence-electron chi connectivity index (χ0n) is 13.5. The molecule has 0 unspecified atom stereocenters. The Kier molecular flexibility index (Phi) is 5.34. The lowest BCUT2D eigenvalue weighted by Gasteiger charge is -2.14. The van der Waals surface area contributed by atoms with E-state index in [9.17, 15) is 8.42 Å². The van der Waals surface area contributed by atoms with E-state index in [4.69, 9.17) is 0 Å². The second-order valence-corrected chi connectivity index (χ2v) is 8.32. The molecule has 0 radical (unpaired) electrons. The van der Waals surface area contributed by atoms with Gasteiger partial charge in [-0.3, -0.25) is 0 Å². The minimum absolute atomic E-state index is 0.358. The fourth-order valence-corrected chi connectivity index (χ4v) is 4.55. The summed E-state index contributed by atoms with van der Waals surface area (Å²) in [6.45, 7) is 0.541. The Hall–Kier alpha value is -1.39. The second-order valence-electron chi connectivity index (χ2n) is 6.55. The standard InChI is InChI=1S/C19H25NO2S/c21-23(22,20-14-13-16-7-3-1-2-4-8-16)19-12-11-17-9-5-6-10-18(17)15-19/h5-6,9-12,15-16,20H,1-4,7-8,13-14H2. The molecule has 1 N–H and O–H groups in total. The van der Waals surface area contributed by atoms with Gasteiger partial charge in [0.2, 0.25) is 10.0 Å². The fourth-order valence-electron chi connectivity index (χ4n) is 3.47. The topological polar surface area (TPSA) is 46.2 Å². The Morgan fingerprint density at radius 1 is 0.913 bits per heavy atom. The van der Waals surface area contributed by atoms with E-state index in [1.807, 2.05) is 30.3 Å². The van der Waals surface area contributed by atoms with E-state index in [-0.39, 0.29) is 0 Å². The smallest absolute Gasteiger partial charge is 0.211 e. The molecule has 0 bridgehead atoms. The van der Waals surface area contributed by atoms with Crippen LogP contribution >= 0.6 is 0 Å². The fraction of sp³-hybridized carbons (Fsp3) is 0.474. The number of sulfonamides is 1. The van der Waals surface area contributed by atoms with Gasteiger partial charge in [0.15, 0.2) is 0 Å². The van der Waals surface area contributed by atoms with Gasteiger partial charge in [0.05, 0.1) is 4.90 Å². The van der Waals surface area contributed by atoms with E-state index in [1.165, 1.54) is 38.5 Å². The molecular formula is C19H25NO2S. The Morgan fingerprint density at radius 2 is 1.61 bits per heavy atom. The van der Waals surface area contributed by atoms with Crippen molar-refractivity contribution in [2.24, 2.45) is 5.92 Å². The third kappa shape index (κ3) is 4.33. The maximum Gasteiger partial charge on any atom is 0.240 e. The maximum atomic E-state index is 12.5. The third-order valence-corrected chi connectivity index (χ3v) is 6.31. The van der Waals surface area contributed by atoms with E-state index in [1.54, 1.807) is 12.1 Å². The largest absolute Gasteiger partial charge is 0.240 e. The number of hydrogen-bond acceptors (Lipinski definition) is 2. The highest BCUT2D eigenvalue weighted by Gasteiger charge is 2.16. The molecule has 0 heterocycles. The van der Waals surface area contributed by atoms with Gasteiger partial charge >= 0.3 is 0 Å². The third-order valence-electron chi connectivity index (χ3n) is 4.85. The molecule has 0 spiro atoms. The van der Waals surface area contributed by atoms with Gasteiger partial charge in [-0.05, 0) is 35.2 Å². The van der Waals surface area contributed by atoms with Crippen molar-refractivity contribution in [1.29, 1.82) is 0 Å². The van der Waals surface area contributed by atoms with Crippen molar-refractivity contribution in [3.63, 3.8) is 0 Å². The van der Waals surface area contributed by atoms with Crippen LogP contribution in [0.1, 0.15) is 44.9 Å². The summed E-state index contributed by atoms with van der Waals surface area (Å²) in [6, 6.07) is 13.1. The summed E-state index contributed by atoms with van der Waals surface area (Å²) < 4.78 is 27.7. The van der Waals surface area contributed by atoms with E-state index in [0.717, 1.165) is 17.2 Å². The van der Waals surface area contributed by atoms with E-state index in [0.29, 0.717) is 17.4 Å². The van der Waals surface area contributed by atoms with Gasteiger partial charge in [0.1, 0.15) is 0 Å². The van der Waals surface area contributed by atoms with Crippen LogP contribution < -0.4 is 4.72 Å². The highest BCUT2D eigenvalue weighted by molar-refractivity contribution is 7.89. The SMILES string of the molecule is O=S(=O)(NCCC1CCCCCC1)c1ccc2ccccc2c1. The number of nitrogens with one attached hydrogen (secondary N) is 1. The van der Waals surface area contributed by atoms with Crippen LogP contribution in [0.25, 0.3) is 10.8 Å². The van der Waals surface area contributed by atoms with Crippen LogP contribution in [0.4, 0.5) is 0 Å². The van der Waals surface area contributed by atoms with E-state index >= 15 is 0 Å². The number of hydrogen-bond donors (Lipinski definition) is 1. The van der Waals surface area contributed by atoms with Crippen molar-refractivity contribution in [2.75, 3.05) is 6.54 Å². The van der Waals surface area contributed by atoms with Crippen molar-refractivity contribution in [3.8, 4) is 0 Å². The molecule has 2 aromatic rings. The molecule has 1 aliphatic carbocycles. The van der Waals surface area contributed by atoms with Crippen molar-refractivity contribution in [2.45, 2.75) is 49.8 Å². The first kappa shape index (κ1) is 16.5. The zero-order valence-corrected chi connectivity index (χ0v) is 14.3. The summed E-state index contributed by atoms with van der Waals surface area (Å²) in [7, 11) is -3.41. The van der Waals surface area contributed by atoms with Crippen LogP contribution in [0, 0.1) is 5.92 Å². The first-order chi connectivity index (χ1) is 11.1. The Morgan fingerprint density at radius 3 is 2.35 bits per heavy atom. The lowest BCUT2D eigenvalue weighted by Crippen LogP contribution is -2.26. The van der Waals surface area contributed by atoms with Crippen LogP contribution in [-0.2, 0) is 10.0 Å². The average Bonchev–Trinajstić information content (AvgIpc) is 2.83. The molecule has 3 nitrogen and oxygen atoms in total. The summed E-state index contributed by atoms with van der Waals surface area (Å²) >= 11 is 0. The van der Waals surface area contributed by atoms with Gasteiger partial charge in [-0.1, -0.05) is 68.9 Å². The summed E-state index contributed by atoms with van der Waals surface area (Å²) in [5.41, 5.74) is 0. The van der Waals surface area contributed by atoms with Crippen LogP contribution in [0.3, 0.4) is 0 Å². The monoisotopic (exact) mass is 331 g/mol. The first-order valence-corrected chi connectivity index (χ1v) is 10.1. The van der Waals surface area contributed by atoms with Crippen LogP contribution in [0.2, 0.25) is 0 Å². The number of benzene rings is 2. The minimum atomic E-state index is -3.41. The molecule has 0 atom stereocenters. The summed E-state index contributed by atoms with van der Waals surface area (Å²) in [6.07, 6.45) is 8.70. The lowest BCUT2D eigenvalue weighted by molar-refractivity contribution is 0.427. The maximum absolute atomic E-state index is 12.5. The molecule has 0 aliphatic heterocycles. The molecular weight excluding hydrogens is 306 g/mol. The molecule has 0 saturated heterocycles. The molecule has 1 aliphatic rings. The van der Waals surface area contributed by atoms with Gasteiger partial charge in [-0.2, -0.15) is 0 Å².